The van der Waals surface area contributed by atoms with Gasteiger partial charge < -0.3 is 20.5 Å². The summed E-state index contributed by atoms with van der Waals surface area (Å²) in [6, 6.07) is 1.89. The van der Waals surface area contributed by atoms with E-state index < -0.39 is 5.97 Å². The number of thiophene rings is 1. The summed E-state index contributed by atoms with van der Waals surface area (Å²) >= 11 is 1.28. The molecule has 3 N–H and O–H groups in total. The van der Waals surface area contributed by atoms with Crippen LogP contribution < -0.4 is 11.1 Å². The number of esters is 1. The maximum Gasteiger partial charge on any atom is 0.350 e. The number of ether oxygens (including phenoxy) is 2. The smallest absolute Gasteiger partial charge is 0.350 e. The molecule has 6 heteroatoms. The summed E-state index contributed by atoms with van der Waals surface area (Å²) in [5.41, 5.74) is 6.14. The highest BCUT2D eigenvalue weighted by molar-refractivity contribution is 7.18. The predicted molar refractivity (Wildman–Crippen MR) is 65.0 cm³/mol. The Bertz CT molecular complexity index is 365. The van der Waals surface area contributed by atoms with Gasteiger partial charge >= 0.3 is 5.97 Å². The van der Waals surface area contributed by atoms with E-state index in [1.807, 2.05) is 6.92 Å². The normalized spacial score (nSPS) is 12.2. The molecule has 0 saturated heterocycles. The Morgan fingerprint density at radius 3 is 2.88 bits per heavy atom. The largest absolute Gasteiger partial charge is 0.465 e. The van der Waals surface area contributed by atoms with Gasteiger partial charge in [0.05, 0.1) is 24.4 Å². The Labute approximate surface area is 98.5 Å². The van der Waals surface area contributed by atoms with Crippen molar-refractivity contribution in [3.8, 4) is 0 Å². The standard InChI is InChI=1S/C10H16N2O3S/c1-6(5-14-2)12-8-4-7(11)9(16-8)10(13)15-3/h4,6,12H,5,11H2,1-3H3. The zero-order chi connectivity index (χ0) is 12.1. The average molecular weight is 244 g/mol. The number of nitrogens with two attached hydrogens (primary N) is 1. The topological polar surface area (TPSA) is 73.6 Å². The SMILES string of the molecule is COCC(C)Nc1cc(N)c(C(=O)OC)s1. The zero-order valence-electron chi connectivity index (χ0n) is 9.57. The first kappa shape index (κ1) is 12.8. The van der Waals surface area contributed by atoms with Crippen LogP contribution in [0.2, 0.25) is 0 Å². The van der Waals surface area contributed by atoms with Crippen molar-refractivity contribution in [2.24, 2.45) is 0 Å². The van der Waals surface area contributed by atoms with Crippen LogP contribution in [0.5, 0.6) is 0 Å². The number of carbonyl (C=O) groups is 1. The number of carbonyl (C=O) groups excluding carboxylic acids is 1. The summed E-state index contributed by atoms with van der Waals surface area (Å²) < 4.78 is 9.62. The number of nitrogen functional groups attached to an aromatic ring is 1. The average Bonchev–Trinajstić information content (AvgIpc) is 2.58. The van der Waals surface area contributed by atoms with E-state index in [4.69, 9.17) is 10.5 Å². The Balaban J connectivity index is 2.73. The van der Waals surface area contributed by atoms with Crippen LogP contribution in [0.3, 0.4) is 0 Å². The van der Waals surface area contributed by atoms with Crippen molar-refractivity contribution < 1.29 is 14.3 Å². The van der Waals surface area contributed by atoms with E-state index in [9.17, 15) is 4.79 Å². The van der Waals surface area contributed by atoms with Crippen LogP contribution in [0.25, 0.3) is 0 Å². The van der Waals surface area contributed by atoms with Crippen LogP contribution in [0, 0.1) is 0 Å². The van der Waals surface area contributed by atoms with Crippen LogP contribution in [0.15, 0.2) is 6.07 Å². The number of anilines is 2. The summed E-state index contributed by atoms with van der Waals surface area (Å²) in [5, 5.41) is 4.02. The van der Waals surface area contributed by atoms with Gasteiger partial charge in [-0.2, -0.15) is 0 Å². The van der Waals surface area contributed by atoms with Crippen molar-refractivity contribution in [3.63, 3.8) is 0 Å². The minimum atomic E-state index is -0.407. The van der Waals surface area contributed by atoms with Crippen molar-refractivity contribution in [1.29, 1.82) is 0 Å². The quantitative estimate of drug-likeness (QED) is 0.769. The maximum absolute atomic E-state index is 11.3. The molecule has 0 aliphatic heterocycles. The van der Waals surface area contributed by atoms with Gasteiger partial charge in [-0.1, -0.05) is 0 Å². The van der Waals surface area contributed by atoms with Crippen molar-refractivity contribution in [1.82, 2.24) is 0 Å². The van der Waals surface area contributed by atoms with Gasteiger partial charge in [-0.15, -0.1) is 11.3 Å². The third kappa shape index (κ3) is 3.11. The molecule has 1 atom stereocenters. The molecule has 0 bridgehead atoms. The Hall–Kier alpha value is -1.27. The van der Waals surface area contributed by atoms with Crippen molar-refractivity contribution in [3.05, 3.63) is 10.9 Å². The van der Waals surface area contributed by atoms with Crippen LogP contribution in [0.4, 0.5) is 10.7 Å². The zero-order valence-corrected chi connectivity index (χ0v) is 10.4. The van der Waals surface area contributed by atoms with Gasteiger partial charge in [0.15, 0.2) is 0 Å². The van der Waals surface area contributed by atoms with Gasteiger partial charge in [-0.3, -0.25) is 0 Å². The molecule has 1 aromatic rings. The first-order valence-electron chi connectivity index (χ1n) is 4.81. The van der Waals surface area contributed by atoms with Crippen molar-refractivity contribution in [2.45, 2.75) is 13.0 Å². The van der Waals surface area contributed by atoms with Gasteiger partial charge in [0.25, 0.3) is 0 Å². The molecule has 0 saturated carbocycles. The second kappa shape index (κ2) is 5.72. The molecule has 0 aliphatic carbocycles. The number of methoxy groups -OCH3 is 2. The number of hydrogen-bond donors (Lipinski definition) is 2. The lowest BCUT2D eigenvalue weighted by Gasteiger charge is -2.11. The number of nitrogens with one attached hydrogen (secondary N) is 1. The fraction of sp³-hybridized carbons (Fsp3) is 0.500. The van der Waals surface area contributed by atoms with Crippen LogP contribution in [-0.2, 0) is 9.47 Å². The molecule has 1 aromatic heterocycles. The number of hydrogen-bond acceptors (Lipinski definition) is 6. The van der Waals surface area contributed by atoms with Crippen LogP contribution in [-0.4, -0.2) is 32.8 Å². The first-order chi connectivity index (χ1) is 7.58. The molecule has 1 heterocycles. The van der Waals surface area contributed by atoms with E-state index in [1.165, 1.54) is 18.4 Å². The molecule has 0 spiro atoms. The molecular formula is C10H16N2O3S. The lowest BCUT2D eigenvalue weighted by atomic mass is 10.3. The molecule has 90 valence electrons. The molecule has 0 aromatic carbocycles. The third-order valence-corrected chi connectivity index (χ3v) is 3.00. The fourth-order valence-corrected chi connectivity index (χ4v) is 2.27. The molecule has 16 heavy (non-hydrogen) atoms. The second-order valence-electron chi connectivity index (χ2n) is 3.39. The monoisotopic (exact) mass is 244 g/mol. The third-order valence-electron chi connectivity index (χ3n) is 1.94. The van der Waals surface area contributed by atoms with Gasteiger partial charge in [0.2, 0.25) is 0 Å². The van der Waals surface area contributed by atoms with Crippen LogP contribution >= 0.6 is 11.3 Å². The summed E-state index contributed by atoms with van der Waals surface area (Å²) in [6.07, 6.45) is 0. The highest BCUT2D eigenvalue weighted by Crippen LogP contribution is 2.30. The summed E-state index contributed by atoms with van der Waals surface area (Å²) in [5.74, 6) is -0.407. The number of rotatable bonds is 5. The minimum Gasteiger partial charge on any atom is -0.465 e. The van der Waals surface area contributed by atoms with E-state index in [0.717, 1.165) is 5.00 Å². The Morgan fingerprint density at radius 1 is 1.62 bits per heavy atom. The molecule has 0 radical (unpaired) electrons. The van der Waals surface area contributed by atoms with E-state index in [0.29, 0.717) is 17.2 Å². The minimum absolute atomic E-state index is 0.161. The van der Waals surface area contributed by atoms with Gasteiger partial charge in [0.1, 0.15) is 4.88 Å². The van der Waals surface area contributed by atoms with Crippen molar-refractivity contribution in [2.75, 3.05) is 31.9 Å². The Morgan fingerprint density at radius 2 is 2.31 bits per heavy atom. The molecule has 1 unspecified atom stereocenters. The lowest BCUT2D eigenvalue weighted by molar-refractivity contribution is 0.0607. The molecule has 0 amide bonds. The summed E-state index contributed by atoms with van der Waals surface area (Å²) in [7, 11) is 2.98. The van der Waals surface area contributed by atoms with Crippen molar-refractivity contribution >= 4 is 28.0 Å². The highest BCUT2D eigenvalue weighted by atomic mass is 32.1. The fourth-order valence-electron chi connectivity index (χ4n) is 1.26. The Kier molecular flexibility index (Phi) is 4.57. The van der Waals surface area contributed by atoms with Crippen LogP contribution in [0.1, 0.15) is 16.6 Å². The van der Waals surface area contributed by atoms with E-state index in [-0.39, 0.29) is 6.04 Å². The van der Waals surface area contributed by atoms with E-state index in [1.54, 1.807) is 13.2 Å². The molecule has 0 aliphatic rings. The van der Waals surface area contributed by atoms with E-state index >= 15 is 0 Å². The second-order valence-corrected chi connectivity index (χ2v) is 4.44. The summed E-state index contributed by atoms with van der Waals surface area (Å²) in [6.45, 7) is 2.57. The van der Waals surface area contributed by atoms with Gasteiger partial charge in [0, 0.05) is 13.2 Å². The molecule has 5 nitrogen and oxygen atoms in total. The lowest BCUT2D eigenvalue weighted by Crippen LogP contribution is -2.19. The molecular weight excluding hydrogens is 228 g/mol. The molecule has 0 fully saturated rings. The molecule has 1 rings (SSSR count). The van der Waals surface area contributed by atoms with Gasteiger partial charge in [-0.05, 0) is 13.0 Å². The summed E-state index contributed by atoms with van der Waals surface area (Å²) in [4.78, 5) is 11.7. The van der Waals surface area contributed by atoms with E-state index in [2.05, 4.69) is 10.1 Å². The predicted octanol–water partition coefficient (Wildman–Crippen LogP) is 1.56. The maximum atomic E-state index is 11.3. The first-order valence-corrected chi connectivity index (χ1v) is 5.63. The highest BCUT2D eigenvalue weighted by Gasteiger charge is 2.15. The van der Waals surface area contributed by atoms with Gasteiger partial charge in [-0.25, -0.2) is 4.79 Å².